The second-order valence-corrected chi connectivity index (χ2v) is 6.16. The quantitative estimate of drug-likeness (QED) is 0.563. The Hall–Kier alpha value is -0.0400. The first kappa shape index (κ1) is 16.0. The van der Waals surface area contributed by atoms with Crippen molar-refractivity contribution in [3.63, 3.8) is 0 Å². The third-order valence-electron chi connectivity index (χ3n) is 3.60. The van der Waals surface area contributed by atoms with Crippen LogP contribution in [0.25, 0.3) is 0 Å². The summed E-state index contributed by atoms with van der Waals surface area (Å²) in [4.78, 5) is 0. The van der Waals surface area contributed by atoms with Gasteiger partial charge in [0.25, 0.3) is 0 Å². The van der Waals surface area contributed by atoms with Crippen LogP contribution in [-0.2, 0) is 0 Å². The van der Waals surface area contributed by atoms with Gasteiger partial charge in [0.15, 0.2) is 0 Å². The number of hydrogen-bond acceptors (Lipinski definition) is 1. The molecular weight excluding hydrogens is 196 g/mol. The predicted molar refractivity (Wildman–Crippen MR) is 72.6 cm³/mol. The van der Waals surface area contributed by atoms with E-state index in [1.807, 2.05) is 0 Å². The van der Waals surface area contributed by atoms with Crippen LogP contribution < -0.4 is 0 Å². The van der Waals surface area contributed by atoms with E-state index < -0.39 is 0 Å². The van der Waals surface area contributed by atoms with E-state index in [0.29, 0.717) is 12.5 Å². The van der Waals surface area contributed by atoms with E-state index in [1.165, 1.54) is 51.4 Å². The first-order chi connectivity index (χ1) is 7.52. The minimum Gasteiger partial charge on any atom is -0.396 e. The van der Waals surface area contributed by atoms with Crippen LogP contribution in [0.1, 0.15) is 79.1 Å². The highest BCUT2D eigenvalue weighted by Gasteiger charge is 2.22. The Morgan fingerprint density at radius 3 is 1.81 bits per heavy atom. The molecule has 0 radical (unpaired) electrons. The highest BCUT2D eigenvalue weighted by Crippen LogP contribution is 2.29. The normalized spacial score (nSPS) is 14.1. The summed E-state index contributed by atoms with van der Waals surface area (Å²) in [6.45, 7) is 9.30. The predicted octanol–water partition coefficient (Wildman–Crippen LogP) is 4.78. The standard InChI is InChI=1S/C15H32O/c1-5-6-7-8-9-10-11-12-14(13-16)15(2,3)4/h14,16H,5-13H2,1-4H3. The molecule has 0 aromatic rings. The van der Waals surface area contributed by atoms with Crippen LogP contribution in [0.15, 0.2) is 0 Å². The zero-order valence-electron chi connectivity index (χ0n) is 11.9. The molecule has 0 aliphatic heterocycles. The van der Waals surface area contributed by atoms with Crippen molar-refractivity contribution in [2.24, 2.45) is 11.3 Å². The van der Waals surface area contributed by atoms with Gasteiger partial charge in [-0.05, 0) is 17.8 Å². The van der Waals surface area contributed by atoms with Crippen LogP contribution in [-0.4, -0.2) is 11.7 Å². The zero-order chi connectivity index (χ0) is 12.4. The van der Waals surface area contributed by atoms with Crippen LogP contribution in [0.2, 0.25) is 0 Å². The van der Waals surface area contributed by atoms with E-state index in [9.17, 15) is 5.11 Å². The van der Waals surface area contributed by atoms with Gasteiger partial charge in [0, 0.05) is 6.61 Å². The lowest BCUT2D eigenvalue weighted by Gasteiger charge is -2.29. The number of hydrogen-bond donors (Lipinski definition) is 1. The molecule has 1 unspecified atom stereocenters. The van der Waals surface area contributed by atoms with E-state index in [4.69, 9.17) is 0 Å². The van der Waals surface area contributed by atoms with E-state index in [2.05, 4.69) is 27.7 Å². The Kier molecular flexibility index (Phi) is 9.02. The van der Waals surface area contributed by atoms with Gasteiger partial charge in [-0.25, -0.2) is 0 Å². The van der Waals surface area contributed by atoms with Crippen molar-refractivity contribution in [1.82, 2.24) is 0 Å². The Morgan fingerprint density at radius 2 is 1.38 bits per heavy atom. The summed E-state index contributed by atoms with van der Waals surface area (Å²) in [5.41, 5.74) is 0.261. The monoisotopic (exact) mass is 228 g/mol. The van der Waals surface area contributed by atoms with Gasteiger partial charge >= 0.3 is 0 Å². The van der Waals surface area contributed by atoms with Crippen LogP contribution in [0.4, 0.5) is 0 Å². The smallest absolute Gasteiger partial charge is 0.0464 e. The van der Waals surface area contributed by atoms with Gasteiger partial charge in [-0.15, -0.1) is 0 Å². The molecule has 0 aliphatic rings. The highest BCUT2D eigenvalue weighted by molar-refractivity contribution is 4.73. The van der Waals surface area contributed by atoms with Crippen molar-refractivity contribution < 1.29 is 5.11 Å². The van der Waals surface area contributed by atoms with Crippen molar-refractivity contribution >= 4 is 0 Å². The van der Waals surface area contributed by atoms with Crippen LogP contribution in [0.3, 0.4) is 0 Å². The van der Waals surface area contributed by atoms with Crippen molar-refractivity contribution in [3.8, 4) is 0 Å². The first-order valence-corrected chi connectivity index (χ1v) is 7.13. The van der Waals surface area contributed by atoms with Gasteiger partial charge in [0.05, 0.1) is 0 Å². The Balaban J connectivity index is 3.42. The summed E-state index contributed by atoms with van der Waals surface area (Å²) in [5, 5.41) is 9.33. The summed E-state index contributed by atoms with van der Waals surface area (Å²) in [5.74, 6) is 0.475. The Morgan fingerprint density at radius 1 is 0.875 bits per heavy atom. The molecule has 16 heavy (non-hydrogen) atoms. The fourth-order valence-electron chi connectivity index (χ4n) is 2.15. The van der Waals surface area contributed by atoms with Crippen LogP contribution in [0.5, 0.6) is 0 Å². The number of unbranched alkanes of at least 4 members (excludes halogenated alkanes) is 6. The molecule has 0 aromatic carbocycles. The largest absolute Gasteiger partial charge is 0.396 e. The molecule has 1 nitrogen and oxygen atoms in total. The summed E-state index contributed by atoms with van der Waals surface area (Å²) in [7, 11) is 0. The molecule has 0 rings (SSSR count). The molecule has 0 heterocycles. The molecule has 0 bridgehead atoms. The highest BCUT2D eigenvalue weighted by atomic mass is 16.3. The third kappa shape index (κ3) is 8.15. The molecule has 0 amide bonds. The lowest BCUT2D eigenvalue weighted by molar-refractivity contribution is 0.120. The molecular formula is C15H32O. The number of aliphatic hydroxyl groups excluding tert-OH is 1. The van der Waals surface area contributed by atoms with Crippen molar-refractivity contribution in [1.29, 1.82) is 0 Å². The molecule has 0 spiro atoms. The lowest BCUT2D eigenvalue weighted by atomic mass is 9.78. The van der Waals surface area contributed by atoms with E-state index in [0.717, 1.165) is 0 Å². The van der Waals surface area contributed by atoms with Crippen LogP contribution >= 0.6 is 0 Å². The van der Waals surface area contributed by atoms with Gasteiger partial charge in [0.1, 0.15) is 0 Å². The Labute approximate surface area is 103 Å². The third-order valence-corrected chi connectivity index (χ3v) is 3.60. The van der Waals surface area contributed by atoms with Gasteiger partial charge < -0.3 is 5.11 Å². The number of rotatable bonds is 9. The number of aliphatic hydroxyl groups is 1. The topological polar surface area (TPSA) is 20.2 Å². The molecule has 1 N–H and O–H groups in total. The maximum absolute atomic E-state index is 9.33. The average Bonchev–Trinajstić information content (AvgIpc) is 2.20. The van der Waals surface area contributed by atoms with E-state index in [-0.39, 0.29) is 5.41 Å². The second-order valence-electron chi connectivity index (χ2n) is 6.16. The summed E-state index contributed by atoms with van der Waals surface area (Å²) in [6.07, 6.45) is 10.7. The molecule has 0 fully saturated rings. The summed E-state index contributed by atoms with van der Waals surface area (Å²) >= 11 is 0. The molecule has 0 saturated heterocycles. The summed E-state index contributed by atoms with van der Waals surface area (Å²) in [6, 6.07) is 0. The molecule has 1 atom stereocenters. The van der Waals surface area contributed by atoms with Gasteiger partial charge in [-0.2, -0.15) is 0 Å². The fraction of sp³-hybridized carbons (Fsp3) is 1.00. The zero-order valence-corrected chi connectivity index (χ0v) is 11.9. The molecule has 98 valence electrons. The first-order valence-electron chi connectivity index (χ1n) is 7.13. The van der Waals surface area contributed by atoms with Crippen molar-refractivity contribution in [3.05, 3.63) is 0 Å². The van der Waals surface area contributed by atoms with Gasteiger partial charge in [0.2, 0.25) is 0 Å². The second kappa shape index (κ2) is 9.04. The summed E-state index contributed by atoms with van der Waals surface area (Å²) < 4.78 is 0. The van der Waals surface area contributed by atoms with Gasteiger partial charge in [-0.3, -0.25) is 0 Å². The molecule has 0 saturated carbocycles. The van der Waals surface area contributed by atoms with E-state index >= 15 is 0 Å². The van der Waals surface area contributed by atoms with Crippen molar-refractivity contribution in [2.45, 2.75) is 79.1 Å². The van der Waals surface area contributed by atoms with Crippen LogP contribution in [0, 0.1) is 11.3 Å². The average molecular weight is 228 g/mol. The maximum atomic E-state index is 9.33. The van der Waals surface area contributed by atoms with Crippen molar-refractivity contribution in [2.75, 3.05) is 6.61 Å². The molecule has 0 aromatic heterocycles. The lowest BCUT2D eigenvalue weighted by Crippen LogP contribution is -2.23. The van der Waals surface area contributed by atoms with E-state index in [1.54, 1.807) is 0 Å². The minimum atomic E-state index is 0.261. The molecule has 1 heteroatoms. The van der Waals surface area contributed by atoms with Gasteiger partial charge in [-0.1, -0.05) is 72.6 Å². The fourth-order valence-corrected chi connectivity index (χ4v) is 2.15. The molecule has 0 aliphatic carbocycles. The minimum absolute atomic E-state index is 0.261. The Bertz CT molecular complexity index is 146. The SMILES string of the molecule is CCCCCCCCCC(CO)C(C)(C)C. The maximum Gasteiger partial charge on any atom is 0.0464 e.